The summed E-state index contributed by atoms with van der Waals surface area (Å²) in [5.74, 6) is -0.495. The molecule has 0 aliphatic heterocycles. The third kappa shape index (κ3) is 4.18. The van der Waals surface area contributed by atoms with Crippen LogP contribution in [0.15, 0.2) is 11.6 Å². The van der Waals surface area contributed by atoms with Gasteiger partial charge in [-0.1, -0.05) is 39.2 Å². The lowest BCUT2D eigenvalue weighted by atomic mass is 9.44. The molecular formula is C28H45F3O3. The summed E-state index contributed by atoms with van der Waals surface area (Å²) in [5, 5.41) is 31.7. The molecular weight excluding hydrogens is 441 g/mol. The van der Waals surface area contributed by atoms with Gasteiger partial charge in [-0.15, -0.1) is 0 Å². The highest BCUT2D eigenvalue weighted by molar-refractivity contribution is 5.33. The van der Waals surface area contributed by atoms with Crippen LogP contribution in [0.5, 0.6) is 0 Å². The van der Waals surface area contributed by atoms with Crippen LogP contribution in [0.1, 0.15) is 98.8 Å². The van der Waals surface area contributed by atoms with E-state index in [1.165, 1.54) is 0 Å². The van der Waals surface area contributed by atoms with Gasteiger partial charge >= 0.3 is 6.18 Å². The van der Waals surface area contributed by atoms with Crippen molar-refractivity contribution in [2.24, 2.45) is 40.4 Å². The number of fused-ring (bicyclic) bond motifs is 5. The summed E-state index contributed by atoms with van der Waals surface area (Å²) in [5.41, 5.74) is -3.50. The SMILES string of the molecule is C[C@H](CCCC(C)(C)O)[C@H]1CC[C@H]2[C@H]3[C@H](CC[C@]12C)[C@@]1(C)CC[C@H](O)CC1=C[C@@]3(O)C(F)(F)F. The van der Waals surface area contributed by atoms with Crippen molar-refractivity contribution in [2.45, 2.75) is 122 Å². The van der Waals surface area contributed by atoms with Crippen LogP contribution in [-0.2, 0) is 0 Å². The topological polar surface area (TPSA) is 60.7 Å². The van der Waals surface area contributed by atoms with Crippen molar-refractivity contribution in [3.8, 4) is 0 Å². The maximum atomic E-state index is 14.6. The lowest BCUT2D eigenvalue weighted by molar-refractivity contribution is -0.290. The van der Waals surface area contributed by atoms with Crippen molar-refractivity contribution < 1.29 is 28.5 Å². The van der Waals surface area contributed by atoms with E-state index in [0.29, 0.717) is 36.7 Å². The summed E-state index contributed by atoms with van der Waals surface area (Å²) in [6.45, 7) is 10.2. The molecule has 4 aliphatic carbocycles. The molecule has 0 aromatic carbocycles. The van der Waals surface area contributed by atoms with Gasteiger partial charge in [0, 0.05) is 5.92 Å². The van der Waals surface area contributed by atoms with E-state index in [1.807, 2.05) is 13.8 Å². The largest absolute Gasteiger partial charge is 0.421 e. The fraction of sp³-hybridized carbons (Fsp3) is 0.929. The van der Waals surface area contributed by atoms with Gasteiger partial charge in [0.25, 0.3) is 0 Å². The van der Waals surface area contributed by atoms with Crippen LogP contribution < -0.4 is 0 Å². The summed E-state index contributed by atoms with van der Waals surface area (Å²) in [4.78, 5) is 0. The van der Waals surface area contributed by atoms with Crippen molar-refractivity contribution >= 4 is 0 Å². The van der Waals surface area contributed by atoms with Gasteiger partial charge in [-0.3, -0.25) is 0 Å². The van der Waals surface area contributed by atoms with Gasteiger partial charge in [0.1, 0.15) is 0 Å². The van der Waals surface area contributed by atoms with Crippen LogP contribution in [0.3, 0.4) is 0 Å². The highest BCUT2D eigenvalue weighted by atomic mass is 19.4. The highest BCUT2D eigenvalue weighted by Gasteiger charge is 2.70. The lowest BCUT2D eigenvalue weighted by Gasteiger charge is -2.62. The Labute approximate surface area is 203 Å². The number of hydrogen-bond acceptors (Lipinski definition) is 3. The number of halogens is 3. The van der Waals surface area contributed by atoms with Gasteiger partial charge in [0.15, 0.2) is 5.60 Å². The average Bonchev–Trinajstić information content (AvgIpc) is 3.04. The van der Waals surface area contributed by atoms with Crippen LogP contribution in [0, 0.1) is 40.4 Å². The first-order chi connectivity index (χ1) is 15.5. The standard InChI is InChI=1S/C28H45F3O3/c1-17(7-6-12-24(2,3)33)20-8-9-21-23-22(11-14-26(20,21)5)25(4)13-10-19(32)15-18(25)16-27(23,34)28(29,30)31/h16-17,19-23,32-34H,6-15H2,1-5H3/t17-,19+,20-,21+,22+,23+,25+,26-,27+/m1/s1. The number of aliphatic hydroxyl groups is 3. The summed E-state index contributed by atoms with van der Waals surface area (Å²) < 4.78 is 43.8. The molecule has 3 saturated carbocycles. The minimum atomic E-state index is -4.73. The van der Waals surface area contributed by atoms with Crippen molar-refractivity contribution in [3.05, 3.63) is 11.6 Å². The fourth-order valence-electron chi connectivity index (χ4n) is 9.00. The number of alkyl halides is 3. The molecule has 4 aliphatic rings. The molecule has 4 rings (SSSR count). The lowest BCUT2D eigenvalue weighted by Crippen LogP contribution is -2.64. The molecule has 34 heavy (non-hydrogen) atoms. The molecule has 6 heteroatoms. The molecule has 0 aromatic rings. The molecule has 0 bridgehead atoms. The second kappa shape index (κ2) is 8.48. The van der Waals surface area contributed by atoms with E-state index >= 15 is 0 Å². The quantitative estimate of drug-likeness (QED) is 0.394. The molecule has 0 unspecified atom stereocenters. The van der Waals surface area contributed by atoms with Gasteiger partial charge in [-0.05, 0) is 106 Å². The Morgan fingerprint density at radius 2 is 1.74 bits per heavy atom. The first kappa shape index (κ1) is 26.5. The summed E-state index contributed by atoms with van der Waals surface area (Å²) in [6.07, 6.45) is 3.17. The second-order valence-electron chi connectivity index (χ2n) is 13.5. The van der Waals surface area contributed by atoms with E-state index in [-0.39, 0.29) is 29.1 Å². The van der Waals surface area contributed by atoms with Crippen molar-refractivity contribution in [1.82, 2.24) is 0 Å². The summed E-state index contributed by atoms with van der Waals surface area (Å²) >= 11 is 0. The molecule has 0 radical (unpaired) electrons. The Bertz CT molecular complexity index is 802. The first-order valence-corrected chi connectivity index (χ1v) is 13.4. The third-order valence-corrected chi connectivity index (χ3v) is 10.8. The monoisotopic (exact) mass is 486 g/mol. The Balaban J connectivity index is 1.66. The van der Waals surface area contributed by atoms with Gasteiger partial charge in [-0.25, -0.2) is 0 Å². The van der Waals surface area contributed by atoms with Crippen LogP contribution in [0.25, 0.3) is 0 Å². The molecule has 3 N–H and O–H groups in total. The Hall–Kier alpha value is -0.590. The van der Waals surface area contributed by atoms with Gasteiger partial charge in [0.05, 0.1) is 11.7 Å². The molecule has 0 aromatic heterocycles. The van der Waals surface area contributed by atoms with Crippen molar-refractivity contribution in [1.29, 1.82) is 0 Å². The maximum absolute atomic E-state index is 14.6. The predicted molar refractivity (Wildman–Crippen MR) is 127 cm³/mol. The number of aliphatic hydroxyl groups excluding tert-OH is 1. The Kier molecular flexibility index (Phi) is 6.60. The first-order valence-electron chi connectivity index (χ1n) is 13.4. The minimum absolute atomic E-state index is 0.166. The van der Waals surface area contributed by atoms with Gasteiger partial charge < -0.3 is 15.3 Å². The van der Waals surface area contributed by atoms with E-state index in [1.54, 1.807) is 0 Å². The minimum Gasteiger partial charge on any atom is -0.393 e. The molecule has 0 heterocycles. The zero-order chi connectivity index (χ0) is 25.3. The normalized spacial score (nSPS) is 45.7. The zero-order valence-corrected chi connectivity index (χ0v) is 21.6. The molecule has 0 saturated heterocycles. The van der Waals surface area contributed by atoms with Crippen molar-refractivity contribution in [3.63, 3.8) is 0 Å². The Morgan fingerprint density at radius 1 is 1.06 bits per heavy atom. The van der Waals surface area contributed by atoms with Crippen LogP contribution in [0.4, 0.5) is 13.2 Å². The average molecular weight is 487 g/mol. The van der Waals surface area contributed by atoms with E-state index in [9.17, 15) is 28.5 Å². The van der Waals surface area contributed by atoms with E-state index in [2.05, 4.69) is 20.8 Å². The molecule has 196 valence electrons. The smallest absolute Gasteiger partial charge is 0.393 e. The molecule has 0 amide bonds. The van der Waals surface area contributed by atoms with Gasteiger partial charge in [0.2, 0.25) is 0 Å². The van der Waals surface area contributed by atoms with E-state index in [0.717, 1.165) is 44.6 Å². The molecule has 3 nitrogen and oxygen atoms in total. The van der Waals surface area contributed by atoms with Crippen molar-refractivity contribution in [2.75, 3.05) is 0 Å². The molecule has 9 atom stereocenters. The highest BCUT2D eigenvalue weighted by Crippen LogP contribution is 2.70. The number of rotatable bonds is 5. The summed E-state index contributed by atoms with van der Waals surface area (Å²) in [6, 6.07) is 0. The predicted octanol–water partition coefficient (Wildman–Crippen LogP) is 6.41. The molecule has 3 fully saturated rings. The van der Waals surface area contributed by atoms with Gasteiger partial charge in [-0.2, -0.15) is 13.2 Å². The second-order valence-corrected chi connectivity index (χ2v) is 13.5. The van der Waals surface area contributed by atoms with Crippen LogP contribution in [-0.4, -0.2) is 38.8 Å². The van der Waals surface area contributed by atoms with E-state index < -0.39 is 29.4 Å². The van der Waals surface area contributed by atoms with E-state index in [4.69, 9.17) is 0 Å². The van der Waals surface area contributed by atoms with Crippen LogP contribution >= 0.6 is 0 Å². The number of hydrogen-bond donors (Lipinski definition) is 3. The maximum Gasteiger partial charge on any atom is 0.421 e. The van der Waals surface area contributed by atoms with Crippen LogP contribution in [0.2, 0.25) is 0 Å². The zero-order valence-electron chi connectivity index (χ0n) is 21.6. The molecule has 0 spiro atoms. The fourth-order valence-corrected chi connectivity index (χ4v) is 9.00. The third-order valence-electron chi connectivity index (χ3n) is 10.8. The Morgan fingerprint density at radius 3 is 2.35 bits per heavy atom. The summed E-state index contributed by atoms with van der Waals surface area (Å²) in [7, 11) is 0.